The summed E-state index contributed by atoms with van der Waals surface area (Å²) < 4.78 is 27.2. The molecule has 0 radical (unpaired) electrons. The number of nitrogens with one attached hydrogen (secondary N) is 1. The van der Waals surface area contributed by atoms with E-state index in [0.29, 0.717) is 5.13 Å². The number of anilines is 1. The molecule has 1 heterocycles. The highest BCUT2D eigenvalue weighted by Gasteiger charge is 2.27. The standard InChI is InChI=1S/C18H17N3O3S2/c22-17(20-18-19-11-12-25-18)14-21(13-15-7-3-1-4-8-15)26(23,24)16-9-5-2-6-10-16/h1-12H,13-14H2,(H,19,20,22). The lowest BCUT2D eigenvalue weighted by atomic mass is 10.2. The van der Waals surface area contributed by atoms with Crippen LogP contribution in [0.3, 0.4) is 0 Å². The Balaban J connectivity index is 1.85. The lowest BCUT2D eigenvalue weighted by Gasteiger charge is -2.21. The van der Waals surface area contributed by atoms with E-state index >= 15 is 0 Å². The van der Waals surface area contributed by atoms with Crippen molar-refractivity contribution in [2.45, 2.75) is 11.4 Å². The van der Waals surface area contributed by atoms with Crippen molar-refractivity contribution in [1.29, 1.82) is 0 Å². The molecule has 0 atom stereocenters. The first-order chi connectivity index (χ1) is 12.6. The summed E-state index contributed by atoms with van der Waals surface area (Å²) in [6.45, 7) is -0.199. The average Bonchev–Trinajstić information content (AvgIpc) is 3.15. The van der Waals surface area contributed by atoms with E-state index in [-0.39, 0.29) is 18.0 Å². The number of hydrogen-bond acceptors (Lipinski definition) is 5. The normalized spacial score (nSPS) is 11.4. The van der Waals surface area contributed by atoms with Crippen LogP contribution in [0.1, 0.15) is 5.56 Å². The van der Waals surface area contributed by atoms with Crippen molar-refractivity contribution in [3.8, 4) is 0 Å². The topological polar surface area (TPSA) is 79.4 Å². The lowest BCUT2D eigenvalue weighted by molar-refractivity contribution is -0.116. The van der Waals surface area contributed by atoms with E-state index in [1.54, 1.807) is 29.8 Å². The van der Waals surface area contributed by atoms with Crippen LogP contribution >= 0.6 is 11.3 Å². The molecule has 0 saturated carbocycles. The van der Waals surface area contributed by atoms with Crippen molar-refractivity contribution in [1.82, 2.24) is 9.29 Å². The summed E-state index contributed by atoms with van der Waals surface area (Å²) in [7, 11) is -3.82. The van der Waals surface area contributed by atoms with Crippen molar-refractivity contribution >= 4 is 32.4 Å². The smallest absolute Gasteiger partial charge is 0.243 e. The number of benzene rings is 2. The Bertz CT molecular complexity index is 944. The Labute approximate surface area is 156 Å². The number of thiazole rings is 1. The van der Waals surface area contributed by atoms with Gasteiger partial charge in [-0.3, -0.25) is 4.79 Å². The SMILES string of the molecule is O=C(CN(Cc1ccccc1)S(=O)(=O)c1ccccc1)Nc1nccs1. The molecule has 0 aliphatic heterocycles. The highest BCUT2D eigenvalue weighted by atomic mass is 32.2. The molecule has 0 unspecified atom stereocenters. The first-order valence-electron chi connectivity index (χ1n) is 7.84. The molecule has 1 N–H and O–H groups in total. The van der Waals surface area contributed by atoms with Crippen LogP contribution in [0.2, 0.25) is 0 Å². The van der Waals surface area contributed by atoms with Gasteiger partial charge in [-0.2, -0.15) is 4.31 Å². The summed E-state index contributed by atoms with van der Waals surface area (Å²) >= 11 is 1.28. The van der Waals surface area contributed by atoms with Crippen LogP contribution in [0.15, 0.2) is 77.1 Å². The second-order valence-corrected chi connectivity index (χ2v) is 8.29. The molecule has 2 aromatic carbocycles. The summed E-state index contributed by atoms with van der Waals surface area (Å²) in [6, 6.07) is 17.3. The van der Waals surface area contributed by atoms with Crippen molar-refractivity contribution in [2.24, 2.45) is 0 Å². The molecule has 3 aromatic rings. The number of hydrogen-bond donors (Lipinski definition) is 1. The zero-order valence-corrected chi connectivity index (χ0v) is 15.4. The van der Waals surface area contributed by atoms with Gasteiger partial charge < -0.3 is 5.32 Å². The van der Waals surface area contributed by atoms with E-state index in [1.807, 2.05) is 30.3 Å². The number of nitrogens with zero attached hydrogens (tertiary/aromatic N) is 2. The third-order valence-electron chi connectivity index (χ3n) is 3.58. The van der Waals surface area contributed by atoms with Gasteiger partial charge in [0.05, 0.1) is 11.4 Å². The summed E-state index contributed by atoms with van der Waals surface area (Å²) in [5.41, 5.74) is 0.800. The first kappa shape index (κ1) is 18.2. The number of rotatable bonds is 7. The Hall–Kier alpha value is -2.55. The Morgan fingerprint density at radius 3 is 2.31 bits per heavy atom. The average molecular weight is 387 g/mol. The molecular weight excluding hydrogens is 370 g/mol. The zero-order chi connectivity index (χ0) is 18.4. The van der Waals surface area contributed by atoms with Crippen LogP contribution in [-0.4, -0.2) is 30.2 Å². The molecule has 1 amide bonds. The Morgan fingerprint density at radius 1 is 1.04 bits per heavy atom. The van der Waals surface area contributed by atoms with E-state index in [0.717, 1.165) is 5.56 Å². The van der Waals surface area contributed by atoms with Gasteiger partial charge in [-0.1, -0.05) is 48.5 Å². The molecule has 8 heteroatoms. The van der Waals surface area contributed by atoms with Crippen molar-refractivity contribution in [2.75, 3.05) is 11.9 Å². The van der Waals surface area contributed by atoms with Crippen LogP contribution in [0.5, 0.6) is 0 Å². The molecule has 0 spiro atoms. The highest BCUT2D eigenvalue weighted by molar-refractivity contribution is 7.89. The van der Waals surface area contributed by atoms with E-state index < -0.39 is 15.9 Å². The van der Waals surface area contributed by atoms with Gasteiger partial charge in [-0.15, -0.1) is 11.3 Å². The van der Waals surface area contributed by atoms with Gasteiger partial charge >= 0.3 is 0 Å². The quantitative estimate of drug-likeness (QED) is 0.676. The van der Waals surface area contributed by atoms with E-state index in [4.69, 9.17) is 0 Å². The van der Waals surface area contributed by atoms with Crippen molar-refractivity contribution in [3.05, 3.63) is 77.8 Å². The number of amides is 1. The van der Waals surface area contributed by atoms with Gasteiger partial charge in [-0.05, 0) is 17.7 Å². The van der Waals surface area contributed by atoms with Crippen LogP contribution in [0, 0.1) is 0 Å². The summed E-state index contributed by atoms with van der Waals surface area (Å²) in [5, 5.41) is 4.80. The molecule has 0 aliphatic carbocycles. The minimum absolute atomic E-state index is 0.101. The number of sulfonamides is 1. The van der Waals surface area contributed by atoms with Gasteiger partial charge in [0.15, 0.2) is 5.13 Å². The molecule has 0 saturated heterocycles. The zero-order valence-electron chi connectivity index (χ0n) is 13.8. The lowest BCUT2D eigenvalue weighted by Crippen LogP contribution is -2.37. The fourth-order valence-corrected chi connectivity index (χ4v) is 4.31. The molecular formula is C18H17N3O3S2. The number of aromatic nitrogens is 1. The van der Waals surface area contributed by atoms with Crippen LogP contribution in [0.4, 0.5) is 5.13 Å². The maximum atomic E-state index is 13.0. The fraction of sp³-hybridized carbons (Fsp3) is 0.111. The molecule has 1 aromatic heterocycles. The maximum absolute atomic E-state index is 13.0. The molecule has 0 aliphatic rings. The molecule has 0 bridgehead atoms. The minimum Gasteiger partial charge on any atom is -0.301 e. The number of carbonyl (C=O) groups is 1. The molecule has 0 fully saturated rings. The second kappa shape index (κ2) is 8.22. The summed E-state index contributed by atoms with van der Waals surface area (Å²) in [4.78, 5) is 16.5. The Morgan fingerprint density at radius 2 is 1.69 bits per heavy atom. The van der Waals surface area contributed by atoms with Gasteiger partial charge in [0.1, 0.15) is 0 Å². The van der Waals surface area contributed by atoms with Gasteiger partial charge in [-0.25, -0.2) is 13.4 Å². The number of carbonyl (C=O) groups excluding carboxylic acids is 1. The fourth-order valence-electron chi connectivity index (χ4n) is 2.36. The highest BCUT2D eigenvalue weighted by Crippen LogP contribution is 2.19. The van der Waals surface area contributed by atoms with Crippen molar-refractivity contribution < 1.29 is 13.2 Å². The first-order valence-corrected chi connectivity index (χ1v) is 10.2. The Kier molecular flexibility index (Phi) is 5.77. The largest absolute Gasteiger partial charge is 0.301 e. The van der Waals surface area contributed by atoms with E-state index in [2.05, 4.69) is 10.3 Å². The van der Waals surface area contributed by atoms with Crippen molar-refractivity contribution in [3.63, 3.8) is 0 Å². The molecule has 6 nitrogen and oxygen atoms in total. The molecule has 134 valence electrons. The van der Waals surface area contributed by atoms with Crippen LogP contribution in [0.25, 0.3) is 0 Å². The third-order valence-corrected chi connectivity index (χ3v) is 6.08. The second-order valence-electron chi connectivity index (χ2n) is 5.46. The monoisotopic (exact) mass is 387 g/mol. The minimum atomic E-state index is -3.82. The van der Waals surface area contributed by atoms with Crippen LogP contribution in [-0.2, 0) is 21.4 Å². The van der Waals surface area contributed by atoms with E-state index in [9.17, 15) is 13.2 Å². The predicted octanol–water partition coefficient (Wildman–Crippen LogP) is 2.97. The predicted molar refractivity (Wildman–Crippen MR) is 101 cm³/mol. The maximum Gasteiger partial charge on any atom is 0.243 e. The van der Waals surface area contributed by atoms with Crippen LogP contribution < -0.4 is 5.32 Å². The molecule has 3 rings (SSSR count). The summed E-state index contributed by atoms with van der Waals surface area (Å²) in [6.07, 6.45) is 1.57. The van der Waals surface area contributed by atoms with Gasteiger partial charge in [0.25, 0.3) is 0 Å². The van der Waals surface area contributed by atoms with Gasteiger partial charge in [0.2, 0.25) is 15.9 Å². The van der Waals surface area contributed by atoms with Gasteiger partial charge in [0, 0.05) is 18.1 Å². The third kappa shape index (κ3) is 4.54. The summed E-state index contributed by atoms with van der Waals surface area (Å²) in [5.74, 6) is -0.435. The molecule has 26 heavy (non-hydrogen) atoms. The van der Waals surface area contributed by atoms with E-state index in [1.165, 1.54) is 27.8 Å².